The van der Waals surface area contributed by atoms with Crippen molar-refractivity contribution in [3.05, 3.63) is 53.1 Å². The summed E-state index contributed by atoms with van der Waals surface area (Å²) in [5.41, 5.74) is 8.27. The molecule has 1 N–H and O–H groups in total. The van der Waals surface area contributed by atoms with Gasteiger partial charge in [-0.3, -0.25) is 0 Å². The molecular formula is C32H41N3O2. The molecule has 2 aliphatic heterocycles. The Morgan fingerprint density at radius 1 is 0.865 bits per heavy atom. The van der Waals surface area contributed by atoms with E-state index in [1.807, 2.05) is 6.07 Å². The van der Waals surface area contributed by atoms with E-state index in [4.69, 9.17) is 0 Å². The summed E-state index contributed by atoms with van der Waals surface area (Å²) < 4.78 is 2.46. The van der Waals surface area contributed by atoms with Crippen molar-refractivity contribution < 1.29 is 9.90 Å². The first kappa shape index (κ1) is 24.5. The van der Waals surface area contributed by atoms with Crippen LogP contribution in [0.4, 0.5) is 5.69 Å². The average Bonchev–Trinajstić information content (AvgIpc) is 3.05. The average molecular weight is 500 g/mol. The van der Waals surface area contributed by atoms with Gasteiger partial charge in [0, 0.05) is 48.3 Å². The van der Waals surface area contributed by atoms with Gasteiger partial charge in [-0.05, 0) is 80.9 Å². The topological polar surface area (TPSA) is 48.7 Å². The van der Waals surface area contributed by atoms with Crippen molar-refractivity contribution in [1.29, 1.82) is 0 Å². The molecular weight excluding hydrogens is 458 g/mol. The van der Waals surface area contributed by atoms with E-state index in [-0.39, 0.29) is 0 Å². The summed E-state index contributed by atoms with van der Waals surface area (Å²) in [7, 11) is 0. The van der Waals surface area contributed by atoms with Gasteiger partial charge in [0.25, 0.3) is 0 Å². The molecule has 3 aromatic rings. The van der Waals surface area contributed by atoms with Crippen molar-refractivity contribution >= 4 is 22.6 Å². The van der Waals surface area contributed by atoms with Crippen LogP contribution in [0.25, 0.3) is 22.2 Å². The monoisotopic (exact) mass is 499 g/mol. The lowest BCUT2D eigenvalue weighted by Crippen LogP contribution is -2.37. The number of fused-ring (bicyclic) bond motifs is 5. The third kappa shape index (κ3) is 4.79. The van der Waals surface area contributed by atoms with Gasteiger partial charge in [-0.25, -0.2) is 4.79 Å². The van der Waals surface area contributed by atoms with Crippen molar-refractivity contribution in [2.45, 2.75) is 77.2 Å². The number of hydrogen-bond acceptors (Lipinski definition) is 3. The minimum Gasteiger partial charge on any atom is -0.478 e. The highest BCUT2D eigenvalue weighted by molar-refractivity contribution is 5.99. The van der Waals surface area contributed by atoms with Crippen LogP contribution in [-0.2, 0) is 6.54 Å². The summed E-state index contributed by atoms with van der Waals surface area (Å²) in [6.07, 6.45) is 11.7. The van der Waals surface area contributed by atoms with Gasteiger partial charge in [-0.2, -0.15) is 0 Å². The van der Waals surface area contributed by atoms with E-state index in [2.05, 4.69) is 45.6 Å². The second-order valence-corrected chi connectivity index (χ2v) is 11.5. The Hall–Kier alpha value is -2.79. The molecule has 3 aliphatic rings. The molecule has 37 heavy (non-hydrogen) atoms. The molecule has 2 aromatic carbocycles. The van der Waals surface area contributed by atoms with Crippen LogP contribution in [-0.4, -0.2) is 53.3 Å². The Labute approximate surface area is 221 Å². The van der Waals surface area contributed by atoms with Gasteiger partial charge in [0.1, 0.15) is 0 Å². The number of carboxylic acid groups (broad SMARTS) is 1. The van der Waals surface area contributed by atoms with Crippen LogP contribution in [0.3, 0.4) is 0 Å². The first-order valence-electron chi connectivity index (χ1n) is 14.6. The van der Waals surface area contributed by atoms with Crippen molar-refractivity contribution in [3.8, 4) is 11.3 Å². The molecule has 0 unspecified atom stereocenters. The molecule has 5 heteroatoms. The standard InChI is InChI=1S/C32H41N3O2/c1-23-11-13-27-28(21-23)34(18-17-33-15-7-2-3-8-16-33)19-20-35-29-22-25(32(36)37)12-14-26(29)30(31(27)35)24-9-5-4-6-10-24/h11-14,21-22,24H,2-10,15-20H2,1H3,(H,36,37). The van der Waals surface area contributed by atoms with E-state index in [0.717, 1.165) is 31.7 Å². The van der Waals surface area contributed by atoms with Crippen molar-refractivity contribution in [3.63, 3.8) is 0 Å². The van der Waals surface area contributed by atoms with Crippen LogP contribution in [0.5, 0.6) is 0 Å². The molecule has 0 radical (unpaired) electrons. The number of carboxylic acids is 1. The van der Waals surface area contributed by atoms with Gasteiger partial charge < -0.3 is 19.5 Å². The molecule has 3 heterocycles. The van der Waals surface area contributed by atoms with E-state index in [9.17, 15) is 9.90 Å². The number of aryl methyl sites for hydroxylation is 1. The summed E-state index contributed by atoms with van der Waals surface area (Å²) in [6.45, 7) is 8.64. The van der Waals surface area contributed by atoms with E-state index >= 15 is 0 Å². The van der Waals surface area contributed by atoms with Crippen LogP contribution in [0.15, 0.2) is 36.4 Å². The van der Waals surface area contributed by atoms with Crippen LogP contribution in [0, 0.1) is 6.92 Å². The molecule has 2 fully saturated rings. The van der Waals surface area contributed by atoms with Crippen LogP contribution in [0.2, 0.25) is 0 Å². The zero-order valence-corrected chi connectivity index (χ0v) is 22.3. The number of aromatic nitrogens is 1. The Kier molecular flexibility index (Phi) is 6.98. The summed E-state index contributed by atoms with van der Waals surface area (Å²) in [4.78, 5) is 17.2. The maximum Gasteiger partial charge on any atom is 0.335 e. The third-order valence-electron chi connectivity index (χ3n) is 9.09. The Balaban J connectivity index is 1.46. The number of likely N-dealkylation sites (tertiary alicyclic amines) is 1. The summed E-state index contributed by atoms with van der Waals surface area (Å²) in [5, 5.41) is 11.0. The van der Waals surface area contributed by atoms with Crippen molar-refractivity contribution in [1.82, 2.24) is 9.47 Å². The minimum atomic E-state index is -0.847. The fourth-order valence-electron chi connectivity index (χ4n) is 7.14. The van der Waals surface area contributed by atoms with Gasteiger partial charge in [-0.15, -0.1) is 0 Å². The molecule has 5 nitrogen and oxygen atoms in total. The number of nitrogens with zero attached hydrogens (tertiary/aromatic N) is 3. The summed E-state index contributed by atoms with van der Waals surface area (Å²) in [6, 6.07) is 12.8. The Morgan fingerprint density at radius 3 is 2.38 bits per heavy atom. The number of carbonyl (C=O) groups is 1. The van der Waals surface area contributed by atoms with Crippen LogP contribution >= 0.6 is 0 Å². The second-order valence-electron chi connectivity index (χ2n) is 11.5. The summed E-state index contributed by atoms with van der Waals surface area (Å²) >= 11 is 0. The molecule has 1 saturated carbocycles. The van der Waals surface area contributed by atoms with Crippen molar-refractivity contribution in [2.75, 3.05) is 37.6 Å². The lowest BCUT2D eigenvalue weighted by Gasteiger charge is -2.29. The number of anilines is 1. The number of aromatic carboxylic acids is 1. The first-order chi connectivity index (χ1) is 18.1. The van der Waals surface area contributed by atoms with Gasteiger partial charge in [0.15, 0.2) is 0 Å². The second kappa shape index (κ2) is 10.5. The van der Waals surface area contributed by atoms with Gasteiger partial charge in [-0.1, -0.05) is 50.3 Å². The maximum atomic E-state index is 11.9. The predicted octanol–water partition coefficient (Wildman–Crippen LogP) is 7.06. The lowest BCUT2D eigenvalue weighted by molar-refractivity contribution is 0.0697. The SMILES string of the molecule is Cc1ccc2c(c1)N(CCN1CCCCCC1)CCn1c-2c(C2CCCCC2)c2ccc(C(=O)O)cc21. The van der Waals surface area contributed by atoms with Gasteiger partial charge >= 0.3 is 5.97 Å². The quantitative estimate of drug-likeness (QED) is 0.408. The van der Waals surface area contributed by atoms with Gasteiger partial charge in [0.2, 0.25) is 0 Å². The fraction of sp³-hybridized carbons (Fsp3) is 0.531. The first-order valence-corrected chi connectivity index (χ1v) is 14.6. The normalized spacial score (nSPS) is 19.3. The Morgan fingerprint density at radius 2 is 1.62 bits per heavy atom. The smallest absolute Gasteiger partial charge is 0.335 e. The maximum absolute atomic E-state index is 11.9. The fourth-order valence-corrected chi connectivity index (χ4v) is 7.14. The molecule has 0 amide bonds. The van der Waals surface area contributed by atoms with E-state index < -0.39 is 5.97 Å². The zero-order chi connectivity index (χ0) is 25.4. The minimum absolute atomic E-state index is 0.384. The zero-order valence-electron chi connectivity index (χ0n) is 22.3. The lowest BCUT2D eigenvalue weighted by atomic mass is 9.81. The highest BCUT2D eigenvalue weighted by Crippen LogP contribution is 2.47. The van der Waals surface area contributed by atoms with Crippen LogP contribution < -0.4 is 4.90 Å². The Bertz CT molecular complexity index is 1280. The van der Waals surface area contributed by atoms with Gasteiger partial charge in [0.05, 0.1) is 11.3 Å². The number of hydrogen-bond donors (Lipinski definition) is 1. The number of benzene rings is 2. The molecule has 0 bridgehead atoms. The van der Waals surface area contributed by atoms with E-state index in [0.29, 0.717) is 11.5 Å². The predicted molar refractivity (Wildman–Crippen MR) is 152 cm³/mol. The van der Waals surface area contributed by atoms with E-state index in [1.165, 1.54) is 104 Å². The molecule has 0 spiro atoms. The number of rotatable bonds is 5. The molecule has 1 aromatic heterocycles. The molecule has 1 saturated heterocycles. The molecule has 6 rings (SSSR count). The van der Waals surface area contributed by atoms with Crippen molar-refractivity contribution in [2.24, 2.45) is 0 Å². The largest absolute Gasteiger partial charge is 0.478 e. The molecule has 196 valence electrons. The van der Waals surface area contributed by atoms with Crippen LogP contribution in [0.1, 0.15) is 85.2 Å². The third-order valence-corrected chi connectivity index (χ3v) is 9.09. The van der Waals surface area contributed by atoms with E-state index in [1.54, 1.807) is 6.07 Å². The highest BCUT2D eigenvalue weighted by atomic mass is 16.4. The highest BCUT2D eigenvalue weighted by Gasteiger charge is 2.30. The molecule has 1 aliphatic carbocycles. The molecule has 0 atom stereocenters. The summed E-state index contributed by atoms with van der Waals surface area (Å²) in [5.74, 6) is -0.304.